The summed E-state index contributed by atoms with van der Waals surface area (Å²) in [5, 5.41) is 16.0. The van der Waals surface area contributed by atoms with Gasteiger partial charge in [-0.2, -0.15) is 0 Å². The van der Waals surface area contributed by atoms with E-state index in [-0.39, 0.29) is 17.0 Å². The van der Waals surface area contributed by atoms with E-state index in [4.69, 9.17) is 4.74 Å². The van der Waals surface area contributed by atoms with Crippen LogP contribution in [-0.4, -0.2) is 29.9 Å². The Labute approximate surface area is 160 Å². The topological polar surface area (TPSA) is 111 Å². The third kappa shape index (κ3) is 5.03. The maximum absolute atomic E-state index is 13.8. The number of carbonyl (C=O) groups excluding carboxylic acids is 2. The van der Waals surface area contributed by atoms with Gasteiger partial charge in [0.15, 0.2) is 11.6 Å². The van der Waals surface area contributed by atoms with Gasteiger partial charge in [-0.05, 0) is 37.6 Å². The Morgan fingerprint density at radius 1 is 1.14 bits per heavy atom. The van der Waals surface area contributed by atoms with Crippen molar-refractivity contribution >= 4 is 17.5 Å². The van der Waals surface area contributed by atoms with Gasteiger partial charge in [0, 0.05) is 17.7 Å². The molecule has 2 rings (SSSR count). The number of amides is 2. The fourth-order valence-corrected chi connectivity index (χ4v) is 2.48. The summed E-state index contributed by atoms with van der Waals surface area (Å²) in [5.41, 5.74) is 0.378. The minimum atomic E-state index is -0.905. The zero-order valence-corrected chi connectivity index (χ0v) is 15.6. The lowest BCUT2D eigenvalue weighted by molar-refractivity contribution is -0.384. The molecule has 2 atom stereocenters. The first-order valence-corrected chi connectivity index (χ1v) is 8.42. The zero-order valence-electron chi connectivity index (χ0n) is 15.6. The second kappa shape index (κ2) is 8.94. The highest BCUT2D eigenvalue weighted by molar-refractivity contribution is 5.97. The number of hydrogen-bond acceptors (Lipinski definition) is 5. The van der Waals surface area contributed by atoms with Crippen molar-refractivity contribution in [3.63, 3.8) is 0 Å². The second-order valence-corrected chi connectivity index (χ2v) is 6.13. The average Bonchev–Trinajstić information content (AvgIpc) is 2.67. The maximum atomic E-state index is 13.8. The van der Waals surface area contributed by atoms with Gasteiger partial charge in [0.05, 0.1) is 18.1 Å². The number of rotatable bonds is 7. The molecule has 2 aromatic carbocycles. The number of hydrogen-bond donors (Lipinski definition) is 2. The number of nitro benzene ring substituents is 1. The summed E-state index contributed by atoms with van der Waals surface area (Å²) in [5.74, 6) is -1.55. The van der Waals surface area contributed by atoms with Crippen LogP contribution in [0.25, 0.3) is 0 Å². The number of nitrogens with zero attached hydrogens (tertiary/aromatic N) is 1. The largest absolute Gasteiger partial charge is 0.494 e. The molecule has 8 nitrogen and oxygen atoms in total. The van der Waals surface area contributed by atoms with Crippen molar-refractivity contribution in [3.05, 3.63) is 69.5 Å². The molecule has 0 heterocycles. The molecule has 2 unspecified atom stereocenters. The summed E-state index contributed by atoms with van der Waals surface area (Å²) in [6, 6.07) is 8.12. The second-order valence-electron chi connectivity index (χ2n) is 6.13. The summed E-state index contributed by atoms with van der Waals surface area (Å²) in [7, 11) is 1.36. The van der Waals surface area contributed by atoms with Gasteiger partial charge in [-0.3, -0.25) is 19.7 Å². The summed E-state index contributed by atoms with van der Waals surface area (Å²) >= 11 is 0. The molecule has 0 radical (unpaired) electrons. The zero-order chi connectivity index (χ0) is 20.8. The van der Waals surface area contributed by atoms with Gasteiger partial charge >= 0.3 is 0 Å². The van der Waals surface area contributed by atoms with E-state index < -0.39 is 34.6 Å². The van der Waals surface area contributed by atoms with Gasteiger partial charge < -0.3 is 15.4 Å². The van der Waals surface area contributed by atoms with Crippen LogP contribution in [0.15, 0.2) is 42.5 Å². The minimum Gasteiger partial charge on any atom is -0.494 e. The van der Waals surface area contributed by atoms with Crippen LogP contribution < -0.4 is 15.4 Å². The van der Waals surface area contributed by atoms with E-state index in [0.717, 1.165) is 6.07 Å². The van der Waals surface area contributed by atoms with Crippen LogP contribution in [0.3, 0.4) is 0 Å². The maximum Gasteiger partial charge on any atom is 0.270 e. The molecule has 0 aliphatic carbocycles. The fraction of sp³-hybridized carbons (Fsp3) is 0.263. The first kappa shape index (κ1) is 20.8. The van der Waals surface area contributed by atoms with Crippen molar-refractivity contribution in [3.8, 4) is 5.75 Å². The van der Waals surface area contributed by atoms with E-state index in [2.05, 4.69) is 10.6 Å². The molecule has 28 heavy (non-hydrogen) atoms. The van der Waals surface area contributed by atoms with E-state index in [1.54, 1.807) is 13.0 Å². The van der Waals surface area contributed by atoms with Gasteiger partial charge in [-0.15, -0.1) is 0 Å². The van der Waals surface area contributed by atoms with E-state index >= 15 is 0 Å². The standard InChI is InChI=1S/C19H20FN3O5/c1-11(13-7-8-17(28-3)16(20)10-13)21-18(24)12(2)22-19(25)14-5-4-6-15(9-14)23(26)27/h4-12H,1-3H3,(H,21,24)(H,22,25). The van der Waals surface area contributed by atoms with Crippen molar-refractivity contribution in [2.75, 3.05) is 7.11 Å². The quantitative estimate of drug-likeness (QED) is 0.559. The van der Waals surface area contributed by atoms with Gasteiger partial charge in [0.2, 0.25) is 5.91 Å². The Morgan fingerprint density at radius 2 is 1.86 bits per heavy atom. The molecule has 0 bridgehead atoms. The molecule has 0 aliphatic rings. The van der Waals surface area contributed by atoms with E-state index in [0.29, 0.717) is 5.56 Å². The number of benzene rings is 2. The first-order valence-electron chi connectivity index (χ1n) is 8.42. The van der Waals surface area contributed by atoms with Crippen LogP contribution in [0.2, 0.25) is 0 Å². The van der Waals surface area contributed by atoms with E-state index in [1.165, 1.54) is 44.4 Å². The molecule has 9 heteroatoms. The fourth-order valence-electron chi connectivity index (χ4n) is 2.48. The normalized spacial score (nSPS) is 12.6. The number of methoxy groups -OCH3 is 1. The SMILES string of the molecule is COc1ccc(C(C)NC(=O)C(C)NC(=O)c2cccc([N+](=O)[O-])c2)cc1F. The highest BCUT2D eigenvalue weighted by atomic mass is 19.1. The van der Waals surface area contributed by atoms with Crippen LogP contribution in [0.4, 0.5) is 10.1 Å². The third-order valence-corrected chi connectivity index (χ3v) is 4.09. The predicted octanol–water partition coefficient (Wildman–Crippen LogP) is 2.74. The van der Waals surface area contributed by atoms with Gasteiger partial charge in [0.25, 0.3) is 11.6 Å². The molecular formula is C19H20FN3O5. The average molecular weight is 389 g/mol. The van der Waals surface area contributed by atoms with Crippen molar-refractivity contribution in [1.82, 2.24) is 10.6 Å². The van der Waals surface area contributed by atoms with Crippen LogP contribution in [0.1, 0.15) is 35.8 Å². The smallest absolute Gasteiger partial charge is 0.270 e. The third-order valence-electron chi connectivity index (χ3n) is 4.09. The number of halogens is 1. The van der Waals surface area contributed by atoms with Crippen molar-refractivity contribution in [2.24, 2.45) is 0 Å². The highest BCUT2D eigenvalue weighted by Crippen LogP contribution is 2.21. The number of carbonyl (C=O) groups is 2. The van der Waals surface area contributed by atoms with Crippen molar-refractivity contribution < 1.29 is 23.6 Å². The molecule has 0 saturated carbocycles. The summed E-state index contributed by atoms with van der Waals surface area (Å²) in [4.78, 5) is 34.7. The summed E-state index contributed by atoms with van der Waals surface area (Å²) in [6.45, 7) is 3.15. The van der Waals surface area contributed by atoms with E-state index in [1.807, 2.05) is 0 Å². The number of nitrogens with one attached hydrogen (secondary N) is 2. The molecular weight excluding hydrogens is 369 g/mol. The Hall–Kier alpha value is -3.49. The van der Waals surface area contributed by atoms with Crippen molar-refractivity contribution in [2.45, 2.75) is 25.9 Å². The Bertz CT molecular complexity index is 903. The summed E-state index contributed by atoms with van der Waals surface area (Å²) < 4.78 is 18.7. The molecule has 0 aliphatic heterocycles. The monoisotopic (exact) mass is 389 g/mol. The molecule has 0 saturated heterocycles. The molecule has 0 spiro atoms. The Morgan fingerprint density at radius 3 is 2.46 bits per heavy atom. The molecule has 2 N–H and O–H groups in total. The summed E-state index contributed by atoms with van der Waals surface area (Å²) in [6.07, 6.45) is 0. The predicted molar refractivity (Wildman–Crippen MR) is 99.5 cm³/mol. The van der Waals surface area contributed by atoms with Crippen LogP contribution >= 0.6 is 0 Å². The number of nitro groups is 1. The lowest BCUT2D eigenvalue weighted by Gasteiger charge is -2.19. The molecule has 0 fully saturated rings. The molecule has 2 amide bonds. The van der Waals surface area contributed by atoms with Gasteiger partial charge in [-0.1, -0.05) is 12.1 Å². The Kier molecular flexibility index (Phi) is 6.64. The highest BCUT2D eigenvalue weighted by Gasteiger charge is 2.20. The molecule has 148 valence electrons. The van der Waals surface area contributed by atoms with Gasteiger partial charge in [0.1, 0.15) is 6.04 Å². The minimum absolute atomic E-state index is 0.0686. The van der Waals surface area contributed by atoms with E-state index in [9.17, 15) is 24.1 Å². The van der Waals surface area contributed by atoms with Crippen LogP contribution in [0, 0.1) is 15.9 Å². The lowest BCUT2D eigenvalue weighted by Crippen LogP contribution is -2.45. The van der Waals surface area contributed by atoms with Crippen LogP contribution in [-0.2, 0) is 4.79 Å². The van der Waals surface area contributed by atoms with Gasteiger partial charge in [-0.25, -0.2) is 4.39 Å². The van der Waals surface area contributed by atoms with Crippen LogP contribution in [0.5, 0.6) is 5.75 Å². The number of non-ortho nitro benzene ring substituents is 1. The Balaban J connectivity index is 2.00. The lowest BCUT2D eigenvalue weighted by atomic mass is 10.1. The van der Waals surface area contributed by atoms with Crippen molar-refractivity contribution in [1.29, 1.82) is 0 Å². The molecule has 0 aromatic heterocycles. The first-order chi connectivity index (χ1) is 13.2. The number of ether oxygens (including phenoxy) is 1. The molecule has 2 aromatic rings.